The van der Waals surface area contributed by atoms with Crippen LogP contribution in [0.1, 0.15) is 19.4 Å². The van der Waals surface area contributed by atoms with Crippen LogP contribution in [0, 0.1) is 0 Å². The molecule has 0 fully saturated rings. The van der Waals surface area contributed by atoms with Gasteiger partial charge in [-0.05, 0) is 25.8 Å². The molecule has 1 aromatic rings. The molecule has 94 valence electrons. The fourth-order valence-corrected chi connectivity index (χ4v) is 2.41. The first-order chi connectivity index (χ1) is 7.88. The Morgan fingerprint density at radius 2 is 1.94 bits per heavy atom. The van der Waals surface area contributed by atoms with E-state index >= 15 is 0 Å². The maximum Gasteiger partial charge on any atom is 0.316 e. The van der Waals surface area contributed by atoms with Gasteiger partial charge in [-0.15, -0.1) is 11.8 Å². The molecule has 4 heteroatoms. The Hall–Kier alpha value is -1.00. The fraction of sp³-hybridized carbons (Fsp3) is 0.462. The molecule has 17 heavy (non-hydrogen) atoms. The van der Waals surface area contributed by atoms with E-state index in [-0.39, 0.29) is 0 Å². The molecule has 0 aromatic heterocycles. The number of hydrogen-bond acceptors (Lipinski definition) is 3. The summed E-state index contributed by atoms with van der Waals surface area (Å²) >= 11 is 1.28. The normalized spacial score (nSPS) is 13.4. The molecule has 0 spiro atoms. The Labute approximate surface area is 106 Å². The van der Waals surface area contributed by atoms with Gasteiger partial charge in [0.05, 0.1) is 5.60 Å². The Morgan fingerprint density at radius 1 is 1.35 bits per heavy atom. The molecule has 1 unspecified atom stereocenters. The monoisotopic (exact) mass is 254 g/mol. The molecule has 0 aliphatic heterocycles. The number of carbonyl (C=O) groups is 1. The molecular formula is C13H18O3S. The average Bonchev–Trinajstić information content (AvgIpc) is 2.24. The Morgan fingerprint density at radius 3 is 2.41 bits per heavy atom. The molecule has 0 heterocycles. The van der Waals surface area contributed by atoms with Crippen molar-refractivity contribution in [2.45, 2.75) is 31.1 Å². The lowest BCUT2D eigenvalue weighted by Gasteiger charge is -2.19. The largest absolute Gasteiger partial charge is 0.480 e. The van der Waals surface area contributed by atoms with Crippen LogP contribution in [0.15, 0.2) is 30.3 Å². The Kier molecular flexibility index (Phi) is 5.02. The van der Waals surface area contributed by atoms with Gasteiger partial charge in [-0.3, -0.25) is 4.79 Å². The number of benzene rings is 1. The first-order valence-corrected chi connectivity index (χ1v) is 6.54. The van der Waals surface area contributed by atoms with Gasteiger partial charge in [0.15, 0.2) is 0 Å². The third-order valence-electron chi connectivity index (χ3n) is 2.18. The second-order valence-electron chi connectivity index (χ2n) is 4.64. The molecule has 3 nitrogen and oxygen atoms in total. The highest BCUT2D eigenvalue weighted by Gasteiger charge is 2.22. The number of thioether (sulfide) groups is 1. The zero-order valence-corrected chi connectivity index (χ0v) is 10.9. The van der Waals surface area contributed by atoms with Crippen LogP contribution < -0.4 is 0 Å². The van der Waals surface area contributed by atoms with Crippen LogP contribution >= 0.6 is 11.8 Å². The summed E-state index contributed by atoms with van der Waals surface area (Å²) in [7, 11) is 0. The minimum atomic E-state index is -0.838. The standard InChI is InChI=1S/C13H18O3S/c1-13(2,16)9-17-11(12(14)15)8-10-6-4-3-5-7-10/h3-7,11,16H,8-9H2,1-2H3,(H,14,15). The minimum absolute atomic E-state index is 0.413. The van der Waals surface area contributed by atoms with Crippen molar-refractivity contribution in [3.05, 3.63) is 35.9 Å². The van der Waals surface area contributed by atoms with Crippen molar-refractivity contribution in [1.29, 1.82) is 0 Å². The lowest BCUT2D eigenvalue weighted by molar-refractivity contribution is -0.136. The van der Waals surface area contributed by atoms with E-state index in [1.165, 1.54) is 11.8 Å². The third-order valence-corrected chi connectivity index (χ3v) is 3.82. The highest BCUT2D eigenvalue weighted by Crippen LogP contribution is 2.21. The molecule has 0 aliphatic rings. The quantitative estimate of drug-likeness (QED) is 0.817. The molecule has 2 N–H and O–H groups in total. The van der Waals surface area contributed by atoms with E-state index in [2.05, 4.69) is 0 Å². The smallest absolute Gasteiger partial charge is 0.316 e. The number of rotatable bonds is 6. The predicted octanol–water partition coefficient (Wildman–Crippen LogP) is 2.19. The van der Waals surface area contributed by atoms with Gasteiger partial charge in [0, 0.05) is 5.75 Å². The van der Waals surface area contributed by atoms with Gasteiger partial charge in [0.2, 0.25) is 0 Å². The van der Waals surface area contributed by atoms with Gasteiger partial charge in [0.1, 0.15) is 5.25 Å². The summed E-state index contributed by atoms with van der Waals surface area (Å²) in [5.74, 6) is -0.417. The fourth-order valence-electron chi connectivity index (χ4n) is 1.35. The zero-order valence-electron chi connectivity index (χ0n) is 10.1. The second kappa shape index (κ2) is 6.07. The van der Waals surface area contributed by atoms with E-state index in [0.717, 1.165) is 5.56 Å². The SMILES string of the molecule is CC(C)(O)CSC(Cc1ccccc1)C(=O)O. The molecule has 1 atom stereocenters. The number of aliphatic hydroxyl groups is 1. The Balaban J connectivity index is 2.59. The van der Waals surface area contributed by atoms with Gasteiger partial charge in [-0.2, -0.15) is 0 Å². The highest BCUT2D eigenvalue weighted by molar-refractivity contribution is 8.00. The van der Waals surface area contributed by atoms with Gasteiger partial charge in [-0.1, -0.05) is 30.3 Å². The first kappa shape index (κ1) is 14.1. The number of carboxylic acids is 1. The van der Waals surface area contributed by atoms with E-state index in [9.17, 15) is 9.90 Å². The molecule has 0 aliphatic carbocycles. The van der Waals surface area contributed by atoms with E-state index in [1.807, 2.05) is 30.3 Å². The van der Waals surface area contributed by atoms with Crippen molar-refractivity contribution in [1.82, 2.24) is 0 Å². The van der Waals surface area contributed by atoms with Crippen LogP contribution in [0.25, 0.3) is 0 Å². The Bertz CT molecular complexity index is 357. The molecule has 0 radical (unpaired) electrons. The number of carboxylic acid groups (broad SMARTS) is 1. The maximum absolute atomic E-state index is 11.1. The lowest BCUT2D eigenvalue weighted by Crippen LogP contribution is -2.27. The number of hydrogen-bond donors (Lipinski definition) is 2. The van der Waals surface area contributed by atoms with Crippen molar-refractivity contribution in [3.8, 4) is 0 Å². The molecule has 0 bridgehead atoms. The van der Waals surface area contributed by atoms with Crippen LogP contribution in [-0.2, 0) is 11.2 Å². The summed E-state index contributed by atoms with van der Waals surface area (Å²) in [6.45, 7) is 3.36. The molecular weight excluding hydrogens is 236 g/mol. The second-order valence-corrected chi connectivity index (χ2v) is 5.83. The molecule has 0 saturated carbocycles. The average molecular weight is 254 g/mol. The predicted molar refractivity (Wildman–Crippen MR) is 70.3 cm³/mol. The van der Waals surface area contributed by atoms with E-state index in [0.29, 0.717) is 12.2 Å². The van der Waals surface area contributed by atoms with Crippen molar-refractivity contribution >= 4 is 17.7 Å². The van der Waals surface area contributed by atoms with E-state index in [1.54, 1.807) is 13.8 Å². The van der Waals surface area contributed by atoms with E-state index in [4.69, 9.17) is 5.11 Å². The van der Waals surface area contributed by atoms with Crippen molar-refractivity contribution in [3.63, 3.8) is 0 Å². The summed E-state index contributed by atoms with van der Waals surface area (Å²) in [4.78, 5) is 11.1. The summed E-state index contributed by atoms with van der Waals surface area (Å²) in [6.07, 6.45) is 0.483. The van der Waals surface area contributed by atoms with Gasteiger partial charge in [-0.25, -0.2) is 0 Å². The van der Waals surface area contributed by atoms with Crippen LogP contribution in [0.5, 0.6) is 0 Å². The topological polar surface area (TPSA) is 57.5 Å². The summed E-state index contributed by atoms with van der Waals surface area (Å²) < 4.78 is 0. The van der Waals surface area contributed by atoms with Crippen LogP contribution in [0.4, 0.5) is 0 Å². The number of aliphatic carboxylic acids is 1. The summed E-state index contributed by atoms with van der Waals surface area (Å²) in [5, 5.41) is 18.2. The van der Waals surface area contributed by atoms with Gasteiger partial charge >= 0.3 is 5.97 Å². The van der Waals surface area contributed by atoms with Gasteiger partial charge < -0.3 is 10.2 Å². The molecule has 1 rings (SSSR count). The van der Waals surface area contributed by atoms with Crippen molar-refractivity contribution in [2.75, 3.05) is 5.75 Å². The zero-order chi connectivity index (χ0) is 12.9. The maximum atomic E-state index is 11.1. The molecule has 0 saturated heterocycles. The lowest BCUT2D eigenvalue weighted by atomic mass is 10.1. The van der Waals surface area contributed by atoms with Crippen LogP contribution in [0.3, 0.4) is 0 Å². The molecule has 0 amide bonds. The van der Waals surface area contributed by atoms with Crippen molar-refractivity contribution in [2.24, 2.45) is 0 Å². The highest BCUT2D eigenvalue weighted by atomic mass is 32.2. The van der Waals surface area contributed by atoms with E-state index < -0.39 is 16.8 Å². The van der Waals surface area contributed by atoms with Crippen LogP contribution in [-0.4, -0.2) is 32.8 Å². The molecule has 1 aromatic carbocycles. The minimum Gasteiger partial charge on any atom is -0.480 e. The van der Waals surface area contributed by atoms with Crippen molar-refractivity contribution < 1.29 is 15.0 Å². The first-order valence-electron chi connectivity index (χ1n) is 5.49. The van der Waals surface area contributed by atoms with Gasteiger partial charge in [0.25, 0.3) is 0 Å². The van der Waals surface area contributed by atoms with Crippen LogP contribution in [0.2, 0.25) is 0 Å². The third kappa shape index (κ3) is 5.75. The summed E-state index contributed by atoms with van der Waals surface area (Å²) in [5.41, 5.74) is 0.165. The summed E-state index contributed by atoms with van der Waals surface area (Å²) in [6, 6.07) is 9.54.